The maximum absolute atomic E-state index is 12.4. The minimum Gasteiger partial charge on any atom is -0.355 e. The molecule has 1 amide bonds. The van der Waals surface area contributed by atoms with E-state index in [1.54, 1.807) is 6.20 Å². The Morgan fingerprint density at radius 2 is 2.21 bits per heavy atom. The molecule has 0 atom stereocenters. The van der Waals surface area contributed by atoms with E-state index >= 15 is 0 Å². The van der Waals surface area contributed by atoms with E-state index in [1.165, 1.54) is 6.42 Å². The van der Waals surface area contributed by atoms with Crippen LogP contribution in [0.2, 0.25) is 0 Å². The number of nitrogens with one attached hydrogen (secondary N) is 1. The lowest BCUT2D eigenvalue weighted by molar-refractivity contribution is -0.132. The van der Waals surface area contributed by atoms with Crippen molar-refractivity contribution in [3.05, 3.63) is 18.0 Å². The van der Waals surface area contributed by atoms with Crippen LogP contribution in [-0.4, -0.2) is 28.8 Å². The van der Waals surface area contributed by atoms with E-state index < -0.39 is 0 Å². The topological polar surface area (TPSA) is 72.9 Å². The van der Waals surface area contributed by atoms with E-state index in [1.807, 2.05) is 17.8 Å². The monoisotopic (exact) mass is 264 g/mol. The summed E-state index contributed by atoms with van der Waals surface area (Å²) in [4.78, 5) is 12.4. The van der Waals surface area contributed by atoms with Gasteiger partial charge in [-0.1, -0.05) is 19.3 Å². The second kappa shape index (κ2) is 6.19. The molecule has 0 radical (unpaired) electrons. The fourth-order valence-electron chi connectivity index (χ4n) is 2.89. The van der Waals surface area contributed by atoms with Gasteiger partial charge in [-0.2, -0.15) is 5.10 Å². The van der Waals surface area contributed by atoms with Gasteiger partial charge in [-0.05, 0) is 18.9 Å². The lowest BCUT2D eigenvalue weighted by Gasteiger charge is -2.34. The van der Waals surface area contributed by atoms with Crippen LogP contribution in [-0.2, 0) is 18.3 Å². The molecule has 1 heterocycles. The number of nitrogens with zero attached hydrogens (tertiary/aromatic N) is 2. The first kappa shape index (κ1) is 14.1. The first-order valence-corrected chi connectivity index (χ1v) is 7.13. The molecule has 0 spiro atoms. The van der Waals surface area contributed by atoms with Crippen molar-refractivity contribution >= 4 is 5.91 Å². The fourth-order valence-corrected chi connectivity index (χ4v) is 2.89. The Labute approximate surface area is 114 Å². The van der Waals surface area contributed by atoms with Gasteiger partial charge in [0, 0.05) is 38.4 Å². The van der Waals surface area contributed by atoms with Crippen LogP contribution in [0.25, 0.3) is 0 Å². The molecule has 0 aliphatic heterocycles. The molecule has 5 heteroatoms. The van der Waals surface area contributed by atoms with E-state index in [0.717, 1.165) is 37.8 Å². The third-order valence-electron chi connectivity index (χ3n) is 4.27. The zero-order valence-corrected chi connectivity index (χ0v) is 11.7. The fraction of sp³-hybridized carbons (Fsp3) is 0.714. The largest absolute Gasteiger partial charge is 0.355 e. The molecule has 0 aromatic carbocycles. The van der Waals surface area contributed by atoms with Crippen LogP contribution in [0.1, 0.15) is 37.8 Å². The third-order valence-corrected chi connectivity index (χ3v) is 4.27. The predicted octanol–water partition coefficient (Wildman–Crippen LogP) is 0.988. The van der Waals surface area contributed by atoms with Crippen molar-refractivity contribution in [2.45, 2.75) is 38.5 Å². The van der Waals surface area contributed by atoms with Gasteiger partial charge in [-0.15, -0.1) is 0 Å². The van der Waals surface area contributed by atoms with Gasteiger partial charge in [-0.3, -0.25) is 9.48 Å². The highest BCUT2D eigenvalue weighted by Crippen LogP contribution is 2.35. The lowest BCUT2D eigenvalue weighted by Crippen LogP contribution is -2.47. The zero-order chi connectivity index (χ0) is 13.7. The predicted molar refractivity (Wildman–Crippen MR) is 74.5 cm³/mol. The summed E-state index contributed by atoms with van der Waals surface area (Å²) in [5.41, 5.74) is 6.67. The van der Waals surface area contributed by atoms with Gasteiger partial charge in [0.05, 0.1) is 5.41 Å². The molecule has 1 aromatic heterocycles. The Balaban J connectivity index is 1.84. The molecular weight excluding hydrogens is 240 g/mol. The van der Waals surface area contributed by atoms with Gasteiger partial charge in [-0.25, -0.2) is 0 Å². The number of amides is 1. The van der Waals surface area contributed by atoms with E-state index in [0.29, 0.717) is 13.1 Å². The minimum atomic E-state index is -0.315. The Morgan fingerprint density at radius 3 is 2.79 bits per heavy atom. The Kier molecular flexibility index (Phi) is 4.58. The summed E-state index contributed by atoms with van der Waals surface area (Å²) >= 11 is 0. The summed E-state index contributed by atoms with van der Waals surface area (Å²) in [6, 6.07) is 1.98. The SMILES string of the molecule is Cn1nccc1CCNC(=O)C1(CN)CCCCC1. The quantitative estimate of drug-likeness (QED) is 0.833. The Morgan fingerprint density at radius 1 is 1.47 bits per heavy atom. The molecule has 1 fully saturated rings. The third kappa shape index (κ3) is 3.15. The van der Waals surface area contributed by atoms with Crippen molar-refractivity contribution in [2.75, 3.05) is 13.1 Å². The van der Waals surface area contributed by atoms with Crippen LogP contribution < -0.4 is 11.1 Å². The average Bonchev–Trinajstić information content (AvgIpc) is 2.85. The second-order valence-electron chi connectivity index (χ2n) is 5.50. The normalized spacial score (nSPS) is 18.2. The molecule has 0 unspecified atom stereocenters. The smallest absolute Gasteiger partial charge is 0.227 e. The number of aryl methyl sites for hydroxylation is 1. The molecule has 1 aromatic rings. The van der Waals surface area contributed by atoms with Crippen LogP contribution in [0.4, 0.5) is 0 Å². The highest BCUT2D eigenvalue weighted by atomic mass is 16.2. The molecule has 2 rings (SSSR count). The Bertz CT molecular complexity index is 421. The van der Waals surface area contributed by atoms with Crippen molar-refractivity contribution in [3.8, 4) is 0 Å². The van der Waals surface area contributed by atoms with Crippen LogP contribution in [0.15, 0.2) is 12.3 Å². The molecule has 5 nitrogen and oxygen atoms in total. The number of rotatable bonds is 5. The van der Waals surface area contributed by atoms with Crippen LogP contribution in [0.5, 0.6) is 0 Å². The standard InChI is InChI=1S/C14H24N4O/c1-18-12(6-10-17-18)5-9-16-13(19)14(11-15)7-3-2-4-8-14/h6,10H,2-5,7-9,11,15H2,1H3,(H,16,19). The highest BCUT2D eigenvalue weighted by molar-refractivity contribution is 5.83. The molecule has 0 saturated heterocycles. The van der Waals surface area contributed by atoms with Crippen molar-refractivity contribution in [1.82, 2.24) is 15.1 Å². The summed E-state index contributed by atoms with van der Waals surface area (Å²) in [5.74, 6) is 0.136. The van der Waals surface area contributed by atoms with Crippen molar-refractivity contribution in [1.29, 1.82) is 0 Å². The molecule has 1 saturated carbocycles. The second-order valence-corrected chi connectivity index (χ2v) is 5.50. The summed E-state index contributed by atoms with van der Waals surface area (Å²) in [7, 11) is 1.92. The van der Waals surface area contributed by atoms with E-state index in [4.69, 9.17) is 5.73 Å². The average molecular weight is 264 g/mol. The zero-order valence-electron chi connectivity index (χ0n) is 11.7. The number of carbonyl (C=O) groups excluding carboxylic acids is 1. The van der Waals surface area contributed by atoms with Gasteiger partial charge in [0.15, 0.2) is 0 Å². The molecule has 106 valence electrons. The lowest BCUT2D eigenvalue weighted by atomic mass is 9.73. The Hall–Kier alpha value is -1.36. The van der Waals surface area contributed by atoms with Gasteiger partial charge in [0.1, 0.15) is 0 Å². The van der Waals surface area contributed by atoms with Crippen molar-refractivity contribution < 1.29 is 4.79 Å². The summed E-state index contributed by atoms with van der Waals surface area (Å²) in [6.07, 6.45) is 7.91. The van der Waals surface area contributed by atoms with Gasteiger partial charge < -0.3 is 11.1 Å². The molecule has 19 heavy (non-hydrogen) atoms. The minimum absolute atomic E-state index is 0.136. The highest BCUT2D eigenvalue weighted by Gasteiger charge is 2.37. The van der Waals surface area contributed by atoms with Crippen molar-refractivity contribution in [2.24, 2.45) is 18.2 Å². The van der Waals surface area contributed by atoms with E-state index in [-0.39, 0.29) is 11.3 Å². The first-order chi connectivity index (χ1) is 9.18. The number of aromatic nitrogens is 2. The maximum Gasteiger partial charge on any atom is 0.227 e. The van der Waals surface area contributed by atoms with Gasteiger partial charge >= 0.3 is 0 Å². The number of hydrogen-bond donors (Lipinski definition) is 2. The van der Waals surface area contributed by atoms with Crippen LogP contribution in [0.3, 0.4) is 0 Å². The first-order valence-electron chi connectivity index (χ1n) is 7.13. The van der Waals surface area contributed by atoms with Gasteiger partial charge in [0.25, 0.3) is 0 Å². The van der Waals surface area contributed by atoms with Crippen LogP contribution in [0, 0.1) is 5.41 Å². The maximum atomic E-state index is 12.4. The summed E-state index contributed by atoms with van der Waals surface area (Å²) in [6.45, 7) is 1.12. The number of hydrogen-bond acceptors (Lipinski definition) is 3. The molecule has 3 N–H and O–H groups in total. The summed E-state index contributed by atoms with van der Waals surface area (Å²) < 4.78 is 1.84. The number of nitrogens with two attached hydrogens (primary N) is 1. The molecular formula is C14H24N4O. The van der Waals surface area contributed by atoms with Gasteiger partial charge in [0.2, 0.25) is 5.91 Å². The molecule has 1 aliphatic carbocycles. The molecule has 1 aliphatic rings. The van der Waals surface area contributed by atoms with E-state index in [9.17, 15) is 4.79 Å². The molecule has 0 bridgehead atoms. The van der Waals surface area contributed by atoms with E-state index in [2.05, 4.69) is 10.4 Å². The van der Waals surface area contributed by atoms with Crippen molar-refractivity contribution in [3.63, 3.8) is 0 Å². The summed E-state index contributed by atoms with van der Waals surface area (Å²) in [5, 5.41) is 7.17. The van der Waals surface area contributed by atoms with Crippen LogP contribution >= 0.6 is 0 Å². The number of carbonyl (C=O) groups is 1.